The van der Waals surface area contributed by atoms with Crippen molar-refractivity contribution in [1.29, 1.82) is 0 Å². The van der Waals surface area contributed by atoms with Gasteiger partial charge < -0.3 is 13.8 Å². The van der Waals surface area contributed by atoms with Crippen LogP contribution in [0.4, 0.5) is 0 Å². The summed E-state index contributed by atoms with van der Waals surface area (Å²) >= 11 is 0. The molecule has 0 aromatic carbocycles. The number of rotatable bonds is 4. The maximum atomic E-state index is 6.18. The van der Waals surface area contributed by atoms with Gasteiger partial charge in [-0.2, -0.15) is 4.98 Å². The van der Waals surface area contributed by atoms with Crippen LogP contribution in [0.1, 0.15) is 54.6 Å². The van der Waals surface area contributed by atoms with Gasteiger partial charge in [0.15, 0.2) is 5.82 Å². The first-order valence-electron chi connectivity index (χ1n) is 9.24. The van der Waals surface area contributed by atoms with E-state index in [4.69, 9.17) is 13.8 Å². The Labute approximate surface area is 147 Å². The first-order valence-corrected chi connectivity index (χ1v) is 9.24. The molecule has 2 aromatic heterocycles. The molecule has 0 amide bonds. The minimum absolute atomic E-state index is 0.199. The molecule has 0 bridgehead atoms. The van der Waals surface area contributed by atoms with Crippen molar-refractivity contribution in [1.82, 2.24) is 20.2 Å². The van der Waals surface area contributed by atoms with Crippen LogP contribution < -0.4 is 0 Å². The van der Waals surface area contributed by atoms with Crippen LogP contribution in [-0.4, -0.2) is 46.0 Å². The topological polar surface area (TPSA) is 77.4 Å². The zero-order valence-electron chi connectivity index (χ0n) is 15.0. The van der Waals surface area contributed by atoms with Crippen molar-refractivity contribution in [3.63, 3.8) is 0 Å². The molecule has 0 N–H and O–H groups in total. The highest BCUT2D eigenvalue weighted by Crippen LogP contribution is 2.38. The van der Waals surface area contributed by atoms with Gasteiger partial charge in [-0.25, -0.2) is 0 Å². The van der Waals surface area contributed by atoms with Gasteiger partial charge >= 0.3 is 0 Å². The molecule has 7 nitrogen and oxygen atoms in total. The Kier molecular flexibility index (Phi) is 4.85. The van der Waals surface area contributed by atoms with E-state index in [0.29, 0.717) is 11.7 Å². The Morgan fingerprint density at radius 3 is 2.68 bits per heavy atom. The van der Waals surface area contributed by atoms with Gasteiger partial charge in [-0.15, -0.1) is 0 Å². The van der Waals surface area contributed by atoms with Gasteiger partial charge in [0.05, 0.1) is 12.0 Å². The Balaban J connectivity index is 1.38. The van der Waals surface area contributed by atoms with Crippen LogP contribution in [0, 0.1) is 19.8 Å². The van der Waals surface area contributed by atoms with E-state index in [9.17, 15) is 0 Å². The molecule has 0 spiro atoms. The monoisotopic (exact) mass is 346 g/mol. The Morgan fingerprint density at radius 2 is 2.00 bits per heavy atom. The lowest BCUT2D eigenvalue weighted by Gasteiger charge is -2.40. The fraction of sp³-hybridized carbons (Fsp3) is 0.722. The summed E-state index contributed by atoms with van der Waals surface area (Å²) in [5, 5.41) is 8.07. The lowest BCUT2D eigenvalue weighted by molar-refractivity contribution is -0.0585. The molecule has 0 radical (unpaired) electrons. The molecule has 2 fully saturated rings. The molecule has 2 atom stereocenters. The summed E-state index contributed by atoms with van der Waals surface area (Å²) in [6.45, 7) is 7.75. The van der Waals surface area contributed by atoms with Gasteiger partial charge in [0.1, 0.15) is 12.0 Å². The molecular weight excluding hydrogens is 320 g/mol. The summed E-state index contributed by atoms with van der Waals surface area (Å²) in [5.74, 6) is 2.25. The highest BCUT2D eigenvalue weighted by molar-refractivity contribution is 5.11. The van der Waals surface area contributed by atoms with Crippen molar-refractivity contribution in [3.05, 3.63) is 29.2 Å². The van der Waals surface area contributed by atoms with Crippen molar-refractivity contribution in [2.45, 2.75) is 58.1 Å². The summed E-state index contributed by atoms with van der Waals surface area (Å²) in [6, 6.07) is 0. The largest absolute Gasteiger partial charge is 0.377 e. The molecule has 4 rings (SSSR count). The quantitative estimate of drug-likeness (QED) is 0.842. The van der Waals surface area contributed by atoms with E-state index in [2.05, 4.69) is 20.2 Å². The average molecular weight is 346 g/mol. The van der Waals surface area contributed by atoms with E-state index < -0.39 is 0 Å². The van der Waals surface area contributed by atoms with Crippen molar-refractivity contribution in [2.75, 3.05) is 19.7 Å². The number of aryl methyl sites for hydroxylation is 2. The highest BCUT2D eigenvalue weighted by atomic mass is 16.5. The number of ether oxygens (including phenoxy) is 1. The van der Waals surface area contributed by atoms with E-state index in [-0.39, 0.29) is 12.0 Å². The van der Waals surface area contributed by atoms with Gasteiger partial charge in [0, 0.05) is 18.7 Å². The molecule has 0 aliphatic carbocycles. The maximum absolute atomic E-state index is 6.18. The standard InChI is InChI=1S/C18H26N4O3/c1-12-11-24-21-16(12)10-22-7-5-14(6-8-22)17-15(4-3-9-23-17)18-19-13(2)20-25-18/h11,14-15,17H,3-10H2,1-2H3/t15-,17+/m1/s1. The van der Waals surface area contributed by atoms with Gasteiger partial charge in [0.2, 0.25) is 5.89 Å². The normalized spacial score (nSPS) is 26.2. The van der Waals surface area contributed by atoms with Crippen molar-refractivity contribution in [2.24, 2.45) is 5.92 Å². The molecule has 2 aliphatic heterocycles. The van der Waals surface area contributed by atoms with Gasteiger partial charge in [-0.3, -0.25) is 4.90 Å². The molecule has 136 valence electrons. The van der Waals surface area contributed by atoms with E-state index >= 15 is 0 Å². The predicted octanol–water partition coefficient (Wildman–Crippen LogP) is 2.85. The fourth-order valence-corrected chi connectivity index (χ4v) is 4.11. The van der Waals surface area contributed by atoms with Gasteiger partial charge in [0.25, 0.3) is 0 Å². The molecular formula is C18H26N4O3. The molecule has 2 saturated heterocycles. The smallest absolute Gasteiger partial charge is 0.232 e. The highest BCUT2D eigenvalue weighted by Gasteiger charge is 2.38. The molecule has 0 unspecified atom stereocenters. The Bertz CT molecular complexity index is 690. The van der Waals surface area contributed by atoms with Crippen LogP contribution >= 0.6 is 0 Å². The van der Waals surface area contributed by atoms with E-state index in [1.807, 2.05) is 13.8 Å². The number of nitrogens with zero attached hydrogens (tertiary/aromatic N) is 4. The lowest BCUT2D eigenvalue weighted by atomic mass is 9.80. The Hall–Kier alpha value is -1.73. The third-order valence-electron chi connectivity index (χ3n) is 5.54. The van der Waals surface area contributed by atoms with E-state index in [0.717, 1.165) is 69.1 Å². The van der Waals surface area contributed by atoms with Crippen LogP contribution in [-0.2, 0) is 11.3 Å². The first kappa shape index (κ1) is 16.7. The fourth-order valence-electron chi connectivity index (χ4n) is 4.11. The summed E-state index contributed by atoms with van der Waals surface area (Å²) < 4.78 is 16.7. The summed E-state index contributed by atoms with van der Waals surface area (Å²) in [7, 11) is 0. The number of likely N-dealkylation sites (tertiary alicyclic amines) is 1. The molecule has 7 heteroatoms. The van der Waals surface area contributed by atoms with Crippen molar-refractivity contribution < 1.29 is 13.8 Å². The Morgan fingerprint density at radius 1 is 1.16 bits per heavy atom. The number of hydrogen-bond acceptors (Lipinski definition) is 7. The minimum Gasteiger partial charge on any atom is -0.377 e. The molecule has 2 aromatic rings. The van der Waals surface area contributed by atoms with E-state index in [1.165, 1.54) is 0 Å². The summed E-state index contributed by atoms with van der Waals surface area (Å²) in [4.78, 5) is 6.92. The second kappa shape index (κ2) is 7.25. The first-order chi connectivity index (χ1) is 12.2. The molecule has 25 heavy (non-hydrogen) atoms. The third kappa shape index (κ3) is 3.62. The van der Waals surface area contributed by atoms with E-state index in [1.54, 1.807) is 6.26 Å². The SMILES string of the molecule is Cc1noc([C@@H]2CCCO[C@H]2C2CCN(Cc3nocc3C)CC2)n1. The predicted molar refractivity (Wildman–Crippen MR) is 90.0 cm³/mol. The average Bonchev–Trinajstić information content (AvgIpc) is 3.24. The van der Waals surface area contributed by atoms with Crippen LogP contribution in [0.3, 0.4) is 0 Å². The van der Waals surface area contributed by atoms with Gasteiger partial charge in [-0.05, 0) is 58.5 Å². The number of aromatic nitrogens is 3. The van der Waals surface area contributed by atoms with Crippen LogP contribution in [0.15, 0.2) is 15.3 Å². The molecule has 2 aliphatic rings. The second-order valence-corrected chi connectivity index (χ2v) is 7.32. The van der Waals surface area contributed by atoms with Gasteiger partial charge in [-0.1, -0.05) is 10.3 Å². The lowest BCUT2D eigenvalue weighted by Crippen LogP contribution is -2.42. The van der Waals surface area contributed by atoms with Crippen LogP contribution in [0.2, 0.25) is 0 Å². The number of hydrogen-bond donors (Lipinski definition) is 0. The zero-order chi connectivity index (χ0) is 17.2. The molecule has 4 heterocycles. The number of piperidine rings is 1. The van der Waals surface area contributed by atoms with Crippen LogP contribution in [0.5, 0.6) is 0 Å². The van der Waals surface area contributed by atoms with Crippen molar-refractivity contribution in [3.8, 4) is 0 Å². The molecule has 0 saturated carbocycles. The van der Waals surface area contributed by atoms with Crippen LogP contribution in [0.25, 0.3) is 0 Å². The zero-order valence-corrected chi connectivity index (χ0v) is 15.0. The maximum Gasteiger partial charge on any atom is 0.232 e. The van der Waals surface area contributed by atoms with Crippen molar-refractivity contribution >= 4 is 0 Å². The summed E-state index contributed by atoms with van der Waals surface area (Å²) in [5.41, 5.74) is 2.18. The third-order valence-corrected chi connectivity index (χ3v) is 5.54. The second-order valence-electron chi connectivity index (χ2n) is 7.32. The summed E-state index contributed by atoms with van der Waals surface area (Å²) in [6.07, 6.45) is 6.31. The minimum atomic E-state index is 0.199.